The van der Waals surface area contributed by atoms with Gasteiger partial charge in [-0.25, -0.2) is 0 Å². The zero-order chi connectivity index (χ0) is 19.0. The van der Waals surface area contributed by atoms with E-state index in [-0.39, 0.29) is 5.56 Å². The fourth-order valence-electron chi connectivity index (χ4n) is 3.68. The molecule has 2 N–H and O–H groups in total. The molecule has 0 radical (unpaired) electrons. The first-order chi connectivity index (χ1) is 13.0. The summed E-state index contributed by atoms with van der Waals surface area (Å²) in [6, 6.07) is 22.1. The van der Waals surface area contributed by atoms with Gasteiger partial charge in [0.15, 0.2) is 0 Å². The molecular weight excluding hydrogens is 334 g/mol. The Hall–Kier alpha value is -3.58. The Bertz CT molecular complexity index is 1140. The van der Waals surface area contributed by atoms with Crippen LogP contribution in [0.25, 0.3) is 5.57 Å². The molecule has 0 bridgehead atoms. The number of anilines is 1. The van der Waals surface area contributed by atoms with Crippen LogP contribution in [0.3, 0.4) is 0 Å². The molecule has 4 heteroatoms. The van der Waals surface area contributed by atoms with Gasteiger partial charge in [-0.15, -0.1) is 0 Å². The monoisotopic (exact) mass is 353 g/mol. The van der Waals surface area contributed by atoms with Gasteiger partial charge >= 0.3 is 0 Å². The van der Waals surface area contributed by atoms with Crippen LogP contribution in [-0.2, 0) is 5.54 Å². The van der Waals surface area contributed by atoms with E-state index in [9.17, 15) is 10.1 Å². The van der Waals surface area contributed by atoms with E-state index < -0.39 is 5.54 Å². The number of aryl methyl sites for hydroxylation is 1. The van der Waals surface area contributed by atoms with Crippen molar-refractivity contribution in [3.8, 4) is 6.07 Å². The number of nitrogens with one attached hydrogen (secondary N) is 2. The van der Waals surface area contributed by atoms with Crippen LogP contribution in [0.1, 0.15) is 34.9 Å². The molecule has 4 nitrogen and oxygen atoms in total. The number of aromatic amines is 1. The van der Waals surface area contributed by atoms with Crippen LogP contribution < -0.4 is 10.9 Å². The van der Waals surface area contributed by atoms with E-state index in [1.807, 2.05) is 60.7 Å². The van der Waals surface area contributed by atoms with Gasteiger partial charge in [-0.1, -0.05) is 60.7 Å². The first kappa shape index (κ1) is 16.9. The first-order valence-electron chi connectivity index (χ1n) is 8.83. The number of nitrogens with zero attached hydrogens (tertiary/aromatic N) is 1. The largest absolute Gasteiger partial charge is 0.371 e. The Morgan fingerprint density at radius 3 is 2.26 bits per heavy atom. The molecule has 132 valence electrons. The highest BCUT2D eigenvalue weighted by Gasteiger charge is 2.34. The predicted molar refractivity (Wildman–Crippen MR) is 107 cm³/mol. The number of fused-ring (bicyclic) bond motifs is 1. The number of aromatic nitrogens is 1. The van der Waals surface area contributed by atoms with Crippen molar-refractivity contribution in [2.75, 3.05) is 5.32 Å². The summed E-state index contributed by atoms with van der Waals surface area (Å²) in [5, 5.41) is 13.2. The number of rotatable bonds is 2. The van der Waals surface area contributed by atoms with E-state index in [4.69, 9.17) is 0 Å². The average Bonchev–Trinajstić information content (AvgIpc) is 2.69. The number of benzene rings is 2. The van der Waals surface area contributed by atoms with Crippen molar-refractivity contribution in [3.63, 3.8) is 0 Å². The van der Waals surface area contributed by atoms with Gasteiger partial charge in [0.1, 0.15) is 6.07 Å². The third-order valence-corrected chi connectivity index (χ3v) is 5.06. The fraction of sp³-hybridized carbons (Fsp3) is 0.130. The van der Waals surface area contributed by atoms with E-state index in [1.165, 1.54) is 0 Å². The maximum Gasteiger partial charge on any atom is 0.258 e. The first-order valence-corrected chi connectivity index (χ1v) is 8.83. The molecule has 0 unspecified atom stereocenters. The second-order valence-electron chi connectivity index (χ2n) is 6.93. The lowest BCUT2D eigenvalue weighted by Gasteiger charge is -2.36. The minimum atomic E-state index is -0.550. The maximum atomic E-state index is 12.8. The van der Waals surface area contributed by atoms with Crippen molar-refractivity contribution in [3.05, 3.63) is 105 Å². The zero-order valence-corrected chi connectivity index (χ0v) is 15.2. The molecule has 1 atom stereocenters. The predicted octanol–water partition coefficient (Wildman–Crippen LogP) is 4.33. The SMILES string of the molecule is Cc1[nH]c(=O)c2c(c1C#N)N[C@](C)(c1ccccc1)C=C2c1ccccc1. The molecule has 0 fully saturated rings. The summed E-state index contributed by atoms with van der Waals surface area (Å²) < 4.78 is 0. The Balaban J connectivity index is 2.07. The third-order valence-electron chi connectivity index (χ3n) is 5.06. The normalized spacial score (nSPS) is 18.0. The lowest BCUT2D eigenvalue weighted by atomic mass is 9.81. The van der Waals surface area contributed by atoms with Crippen LogP contribution in [0.4, 0.5) is 5.69 Å². The van der Waals surface area contributed by atoms with Crippen molar-refractivity contribution in [2.45, 2.75) is 19.4 Å². The zero-order valence-electron chi connectivity index (χ0n) is 15.2. The second kappa shape index (κ2) is 6.30. The van der Waals surface area contributed by atoms with Gasteiger partial charge in [0.25, 0.3) is 5.56 Å². The lowest BCUT2D eigenvalue weighted by molar-refractivity contribution is 0.683. The summed E-state index contributed by atoms with van der Waals surface area (Å²) in [5.41, 5.74) is 4.22. The Morgan fingerprint density at radius 1 is 1.00 bits per heavy atom. The molecule has 27 heavy (non-hydrogen) atoms. The smallest absolute Gasteiger partial charge is 0.258 e. The van der Waals surface area contributed by atoms with Gasteiger partial charge in [0, 0.05) is 5.69 Å². The van der Waals surface area contributed by atoms with Crippen LogP contribution in [0.15, 0.2) is 71.5 Å². The Labute approximate surface area is 157 Å². The average molecular weight is 353 g/mol. The highest BCUT2D eigenvalue weighted by atomic mass is 16.1. The molecule has 2 heterocycles. The molecule has 0 saturated heterocycles. The van der Waals surface area contributed by atoms with Crippen molar-refractivity contribution >= 4 is 11.3 Å². The van der Waals surface area contributed by atoms with Crippen molar-refractivity contribution in [2.24, 2.45) is 0 Å². The summed E-state index contributed by atoms with van der Waals surface area (Å²) >= 11 is 0. The Kier molecular flexibility index (Phi) is 3.93. The van der Waals surface area contributed by atoms with Gasteiger partial charge in [-0.3, -0.25) is 4.79 Å². The third kappa shape index (κ3) is 2.74. The van der Waals surface area contributed by atoms with Crippen molar-refractivity contribution in [1.82, 2.24) is 4.98 Å². The summed E-state index contributed by atoms with van der Waals surface area (Å²) in [6.07, 6.45) is 2.08. The molecule has 0 amide bonds. The number of H-pyrrole nitrogens is 1. The van der Waals surface area contributed by atoms with E-state index in [0.29, 0.717) is 22.5 Å². The summed E-state index contributed by atoms with van der Waals surface area (Å²) in [6.45, 7) is 3.81. The van der Waals surface area contributed by atoms with Gasteiger partial charge in [0.2, 0.25) is 0 Å². The van der Waals surface area contributed by atoms with Gasteiger partial charge in [-0.2, -0.15) is 5.26 Å². The van der Waals surface area contributed by atoms with E-state index in [0.717, 1.165) is 16.7 Å². The Morgan fingerprint density at radius 2 is 1.63 bits per heavy atom. The van der Waals surface area contributed by atoms with Crippen LogP contribution in [0.2, 0.25) is 0 Å². The molecule has 1 aliphatic heterocycles. The van der Waals surface area contributed by atoms with Gasteiger partial charge in [-0.05, 0) is 36.6 Å². The number of hydrogen-bond donors (Lipinski definition) is 2. The summed E-state index contributed by atoms with van der Waals surface area (Å²) in [7, 11) is 0. The lowest BCUT2D eigenvalue weighted by Crippen LogP contribution is -2.36. The molecule has 1 aliphatic rings. The second-order valence-corrected chi connectivity index (χ2v) is 6.93. The van der Waals surface area contributed by atoms with Crippen molar-refractivity contribution in [1.29, 1.82) is 5.26 Å². The fourth-order valence-corrected chi connectivity index (χ4v) is 3.68. The quantitative estimate of drug-likeness (QED) is 0.720. The molecule has 1 aromatic heterocycles. The molecule has 3 aromatic rings. The molecule has 4 rings (SSSR count). The van der Waals surface area contributed by atoms with E-state index >= 15 is 0 Å². The molecule has 0 saturated carbocycles. The van der Waals surface area contributed by atoms with Crippen LogP contribution in [-0.4, -0.2) is 4.98 Å². The highest BCUT2D eigenvalue weighted by Crippen LogP contribution is 2.41. The van der Waals surface area contributed by atoms with Crippen LogP contribution in [0.5, 0.6) is 0 Å². The topological polar surface area (TPSA) is 68.7 Å². The standard InChI is InChI=1S/C23H19N3O/c1-15-19(14-24)21-20(22(27)25-15)18(16-9-5-3-6-10-16)13-23(2,26-21)17-11-7-4-8-12-17/h3-13,26H,1-2H3,(H,25,27)/t23-/m0/s1. The molecule has 0 spiro atoms. The minimum absolute atomic E-state index is 0.195. The summed E-state index contributed by atoms with van der Waals surface area (Å²) in [4.78, 5) is 15.7. The number of nitriles is 1. The molecule has 0 aliphatic carbocycles. The van der Waals surface area contributed by atoms with Crippen LogP contribution >= 0.6 is 0 Å². The maximum absolute atomic E-state index is 12.8. The van der Waals surface area contributed by atoms with Gasteiger partial charge < -0.3 is 10.3 Å². The van der Waals surface area contributed by atoms with Gasteiger partial charge in [0.05, 0.1) is 22.4 Å². The number of hydrogen-bond acceptors (Lipinski definition) is 3. The minimum Gasteiger partial charge on any atom is -0.371 e. The van der Waals surface area contributed by atoms with Crippen LogP contribution in [0, 0.1) is 18.3 Å². The molecule has 2 aromatic carbocycles. The highest BCUT2D eigenvalue weighted by molar-refractivity contribution is 5.91. The van der Waals surface area contributed by atoms with Crippen molar-refractivity contribution < 1.29 is 0 Å². The number of pyridine rings is 1. The molecular formula is C23H19N3O. The van der Waals surface area contributed by atoms with E-state index in [2.05, 4.69) is 29.4 Å². The van der Waals surface area contributed by atoms with E-state index in [1.54, 1.807) is 6.92 Å². The summed E-state index contributed by atoms with van der Waals surface area (Å²) in [5.74, 6) is 0.